The third kappa shape index (κ3) is 5.23. The number of aromatic nitrogens is 3. The molecule has 0 radical (unpaired) electrons. The van der Waals surface area contributed by atoms with Crippen LogP contribution in [0.3, 0.4) is 0 Å². The molecule has 1 aromatic rings. The second kappa shape index (κ2) is 8.44. The Balaban J connectivity index is 2.46. The van der Waals surface area contributed by atoms with Gasteiger partial charge in [0.2, 0.25) is 0 Å². The Morgan fingerprint density at radius 1 is 1.53 bits per heavy atom. The average molecular weight is 270 g/mol. The highest BCUT2D eigenvalue weighted by Crippen LogP contribution is 2.08. The number of carbonyl (C=O) groups is 1. The van der Waals surface area contributed by atoms with E-state index >= 15 is 0 Å². The molecule has 0 aromatic carbocycles. The molecule has 108 valence electrons. The minimum Gasteiger partial charge on any atom is -0.383 e. The van der Waals surface area contributed by atoms with Gasteiger partial charge >= 0.3 is 6.03 Å². The summed E-state index contributed by atoms with van der Waals surface area (Å²) in [5.41, 5.74) is 0. The van der Waals surface area contributed by atoms with Gasteiger partial charge in [-0.3, -0.25) is 0 Å². The number of methoxy groups -OCH3 is 1. The van der Waals surface area contributed by atoms with Crippen molar-refractivity contribution in [3.8, 4) is 0 Å². The van der Waals surface area contributed by atoms with Crippen molar-refractivity contribution < 1.29 is 9.53 Å². The summed E-state index contributed by atoms with van der Waals surface area (Å²) in [7, 11) is 3.47. The van der Waals surface area contributed by atoms with Gasteiger partial charge in [0.15, 0.2) is 5.82 Å². The number of amides is 2. The van der Waals surface area contributed by atoms with E-state index in [1.807, 2.05) is 18.5 Å². The molecule has 2 amide bonds. The number of likely N-dealkylation sites (N-methyl/N-ethyl adjacent to an activating group) is 1. The van der Waals surface area contributed by atoms with Crippen molar-refractivity contribution in [3.05, 3.63) is 12.2 Å². The maximum atomic E-state index is 11.6. The van der Waals surface area contributed by atoms with Gasteiger partial charge in [-0.2, -0.15) is 0 Å². The molecule has 0 aliphatic heterocycles. The molecule has 19 heavy (non-hydrogen) atoms. The highest BCUT2D eigenvalue weighted by molar-refractivity contribution is 5.74. The van der Waals surface area contributed by atoms with E-state index in [1.54, 1.807) is 13.4 Å². The fourth-order valence-corrected chi connectivity index (χ4v) is 1.57. The monoisotopic (exact) mass is 270 g/mol. The first kappa shape index (κ1) is 15.4. The first-order valence-corrected chi connectivity index (χ1v) is 6.24. The van der Waals surface area contributed by atoms with Crippen LogP contribution in [0.5, 0.6) is 0 Å². The first-order chi connectivity index (χ1) is 9.19. The van der Waals surface area contributed by atoms with Gasteiger partial charge in [-0.05, 0) is 14.0 Å². The molecule has 3 N–H and O–H groups in total. The molecule has 1 heterocycles. The van der Waals surface area contributed by atoms with Crippen LogP contribution in [0.2, 0.25) is 0 Å². The lowest BCUT2D eigenvalue weighted by molar-refractivity contribution is 0.185. The number of rotatable bonds is 8. The Morgan fingerprint density at radius 2 is 2.32 bits per heavy atom. The number of carbonyl (C=O) groups excluding carboxylic acids is 1. The summed E-state index contributed by atoms with van der Waals surface area (Å²) in [4.78, 5) is 11.6. The highest BCUT2D eigenvalue weighted by Gasteiger charge is 2.15. The molecule has 0 fully saturated rings. The first-order valence-electron chi connectivity index (χ1n) is 6.24. The van der Waals surface area contributed by atoms with Crippen molar-refractivity contribution in [1.29, 1.82) is 0 Å². The molecule has 0 aliphatic rings. The van der Waals surface area contributed by atoms with Crippen LogP contribution in [0.15, 0.2) is 6.33 Å². The number of nitrogens with zero attached hydrogens (tertiary/aromatic N) is 3. The lowest BCUT2D eigenvalue weighted by Crippen LogP contribution is -2.40. The second-order valence-electron chi connectivity index (χ2n) is 4.10. The summed E-state index contributed by atoms with van der Waals surface area (Å²) in [5.74, 6) is 0.709. The number of hydrogen-bond acceptors (Lipinski definition) is 5. The van der Waals surface area contributed by atoms with Gasteiger partial charge in [0.1, 0.15) is 6.33 Å². The molecule has 8 nitrogen and oxygen atoms in total. The van der Waals surface area contributed by atoms with Crippen LogP contribution in [0.1, 0.15) is 18.8 Å². The van der Waals surface area contributed by atoms with E-state index in [2.05, 4.69) is 26.1 Å². The van der Waals surface area contributed by atoms with Crippen LogP contribution in [0.4, 0.5) is 4.79 Å². The van der Waals surface area contributed by atoms with E-state index < -0.39 is 0 Å². The maximum absolute atomic E-state index is 11.6. The summed E-state index contributed by atoms with van der Waals surface area (Å²) in [6, 6.07) is -0.432. The summed E-state index contributed by atoms with van der Waals surface area (Å²) >= 11 is 0. The molecule has 1 atom stereocenters. The fourth-order valence-electron chi connectivity index (χ4n) is 1.57. The van der Waals surface area contributed by atoms with Gasteiger partial charge in [0.05, 0.1) is 12.6 Å². The van der Waals surface area contributed by atoms with Gasteiger partial charge in [0.25, 0.3) is 0 Å². The van der Waals surface area contributed by atoms with Gasteiger partial charge in [-0.15, -0.1) is 10.2 Å². The van der Waals surface area contributed by atoms with Crippen molar-refractivity contribution in [3.63, 3.8) is 0 Å². The van der Waals surface area contributed by atoms with Crippen LogP contribution in [0.25, 0.3) is 0 Å². The Morgan fingerprint density at radius 3 is 3.00 bits per heavy atom. The van der Waals surface area contributed by atoms with Crippen LogP contribution in [-0.4, -0.2) is 54.6 Å². The zero-order chi connectivity index (χ0) is 14.1. The molecule has 0 aliphatic carbocycles. The fraction of sp³-hybridized carbons (Fsp3) is 0.727. The van der Waals surface area contributed by atoms with E-state index in [0.717, 1.165) is 6.54 Å². The number of hydrogen-bond donors (Lipinski definition) is 3. The molecule has 8 heteroatoms. The van der Waals surface area contributed by atoms with E-state index in [9.17, 15) is 4.79 Å². The standard InChI is InChI=1S/C11H22N6O2/c1-9(15-11(18)13-5-4-12-2)10-16-14-8-17(10)6-7-19-3/h8-9,12H,4-7H2,1-3H3,(H2,13,15,18). The predicted octanol–water partition coefficient (Wildman–Crippen LogP) is -0.496. The highest BCUT2D eigenvalue weighted by atomic mass is 16.5. The van der Waals surface area contributed by atoms with Crippen LogP contribution < -0.4 is 16.0 Å². The summed E-state index contributed by atoms with van der Waals surface area (Å²) in [6.45, 7) is 4.40. The van der Waals surface area contributed by atoms with Crippen molar-refractivity contribution in [2.75, 3.05) is 33.9 Å². The lowest BCUT2D eigenvalue weighted by Gasteiger charge is -2.15. The van der Waals surface area contributed by atoms with Gasteiger partial charge < -0.3 is 25.3 Å². The number of nitrogens with one attached hydrogen (secondary N) is 3. The third-order valence-corrected chi connectivity index (χ3v) is 2.58. The van der Waals surface area contributed by atoms with Crippen molar-refractivity contribution >= 4 is 6.03 Å². The molecule has 0 spiro atoms. The predicted molar refractivity (Wildman–Crippen MR) is 70.8 cm³/mol. The van der Waals surface area contributed by atoms with Crippen molar-refractivity contribution in [1.82, 2.24) is 30.7 Å². The largest absolute Gasteiger partial charge is 0.383 e. The topological polar surface area (TPSA) is 93.1 Å². The second-order valence-corrected chi connectivity index (χ2v) is 4.10. The third-order valence-electron chi connectivity index (χ3n) is 2.58. The molecule has 0 saturated heterocycles. The SMILES string of the molecule is CNCCNC(=O)NC(C)c1nncn1CCOC. The van der Waals surface area contributed by atoms with Crippen LogP contribution in [0, 0.1) is 0 Å². The van der Waals surface area contributed by atoms with Crippen LogP contribution in [-0.2, 0) is 11.3 Å². The smallest absolute Gasteiger partial charge is 0.315 e. The molecule has 1 aromatic heterocycles. The summed E-state index contributed by atoms with van der Waals surface area (Å²) in [6.07, 6.45) is 1.63. The number of ether oxygens (including phenoxy) is 1. The van der Waals surface area contributed by atoms with Gasteiger partial charge in [0, 0.05) is 26.7 Å². The molecular weight excluding hydrogens is 248 g/mol. The quantitative estimate of drug-likeness (QED) is 0.554. The molecular formula is C11H22N6O2. The van der Waals surface area contributed by atoms with E-state index in [1.165, 1.54) is 0 Å². The Hall–Kier alpha value is -1.67. The Kier molecular flexibility index (Phi) is 6.83. The van der Waals surface area contributed by atoms with Crippen molar-refractivity contribution in [2.45, 2.75) is 19.5 Å². The zero-order valence-electron chi connectivity index (χ0n) is 11.6. The van der Waals surface area contributed by atoms with Gasteiger partial charge in [-0.1, -0.05) is 0 Å². The Bertz CT molecular complexity index is 381. The average Bonchev–Trinajstić information content (AvgIpc) is 2.85. The molecule has 0 bridgehead atoms. The molecule has 1 unspecified atom stereocenters. The molecule has 0 saturated carbocycles. The Labute approximate surface area is 112 Å². The minimum absolute atomic E-state index is 0.214. The van der Waals surface area contributed by atoms with Gasteiger partial charge in [-0.25, -0.2) is 4.79 Å². The zero-order valence-corrected chi connectivity index (χ0v) is 11.6. The van der Waals surface area contributed by atoms with E-state index in [0.29, 0.717) is 25.5 Å². The lowest BCUT2D eigenvalue weighted by atomic mass is 10.3. The van der Waals surface area contributed by atoms with E-state index in [-0.39, 0.29) is 12.1 Å². The van der Waals surface area contributed by atoms with E-state index in [4.69, 9.17) is 4.74 Å². The maximum Gasteiger partial charge on any atom is 0.315 e. The normalized spacial score (nSPS) is 12.2. The minimum atomic E-state index is -0.218. The summed E-state index contributed by atoms with van der Waals surface area (Å²) in [5, 5.41) is 16.4. The summed E-state index contributed by atoms with van der Waals surface area (Å²) < 4.78 is 6.88. The van der Waals surface area contributed by atoms with Crippen LogP contribution >= 0.6 is 0 Å². The van der Waals surface area contributed by atoms with Crippen molar-refractivity contribution in [2.24, 2.45) is 0 Å². The number of urea groups is 1. The molecule has 1 rings (SSSR count).